The van der Waals surface area contributed by atoms with Gasteiger partial charge in [0.2, 0.25) is 0 Å². The normalized spacial score (nSPS) is 19.2. The van der Waals surface area contributed by atoms with E-state index in [-0.39, 0.29) is 17.2 Å². The Morgan fingerprint density at radius 2 is 2.33 bits per heavy atom. The summed E-state index contributed by atoms with van der Waals surface area (Å²) in [6, 6.07) is 5.38. The van der Waals surface area contributed by atoms with Gasteiger partial charge in [-0.3, -0.25) is 10.1 Å². The standard InChI is InChI=1S/C13H18N2O3/c1-2-11-4-3-7-14(11)12-6-5-10(9-16)8-13(12)15(17)18/h5-6,8,11,16H,2-4,7,9H2,1H3. The van der Waals surface area contributed by atoms with E-state index in [0.29, 0.717) is 17.3 Å². The highest BCUT2D eigenvalue weighted by atomic mass is 16.6. The molecule has 0 radical (unpaired) electrons. The fourth-order valence-corrected chi connectivity index (χ4v) is 2.63. The van der Waals surface area contributed by atoms with E-state index in [4.69, 9.17) is 5.11 Å². The maximum atomic E-state index is 11.1. The van der Waals surface area contributed by atoms with Gasteiger partial charge in [0.1, 0.15) is 5.69 Å². The van der Waals surface area contributed by atoms with Crippen LogP contribution in [0.15, 0.2) is 18.2 Å². The van der Waals surface area contributed by atoms with Crippen LogP contribution in [0.1, 0.15) is 31.7 Å². The molecule has 1 saturated heterocycles. The van der Waals surface area contributed by atoms with Crippen LogP contribution in [0.2, 0.25) is 0 Å². The fourth-order valence-electron chi connectivity index (χ4n) is 2.63. The summed E-state index contributed by atoms with van der Waals surface area (Å²) in [6.07, 6.45) is 3.17. The van der Waals surface area contributed by atoms with Crippen LogP contribution < -0.4 is 4.90 Å². The highest BCUT2D eigenvalue weighted by Crippen LogP contribution is 2.35. The van der Waals surface area contributed by atoms with Gasteiger partial charge in [-0.05, 0) is 30.9 Å². The minimum atomic E-state index is -0.362. The molecule has 0 aromatic heterocycles. The molecule has 1 aromatic rings. The van der Waals surface area contributed by atoms with Gasteiger partial charge in [0, 0.05) is 18.7 Å². The van der Waals surface area contributed by atoms with Crippen LogP contribution in [-0.2, 0) is 6.61 Å². The van der Waals surface area contributed by atoms with Gasteiger partial charge < -0.3 is 10.0 Å². The Morgan fingerprint density at radius 3 is 2.94 bits per heavy atom. The van der Waals surface area contributed by atoms with E-state index < -0.39 is 0 Å². The van der Waals surface area contributed by atoms with Crippen LogP contribution in [-0.4, -0.2) is 22.6 Å². The van der Waals surface area contributed by atoms with Crippen molar-refractivity contribution in [1.29, 1.82) is 0 Å². The first-order chi connectivity index (χ1) is 8.67. The Hall–Kier alpha value is -1.62. The molecular weight excluding hydrogens is 232 g/mol. The Bertz CT molecular complexity index is 448. The molecule has 1 unspecified atom stereocenters. The van der Waals surface area contributed by atoms with E-state index in [0.717, 1.165) is 25.8 Å². The number of hydrogen-bond donors (Lipinski definition) is 1. The van der Waals surface area contributed by atoms with Crippen LogP contribution >= 0.6 is 0 Å². The van der Waals surface area contributed by atoms with E-state index in [1.807, 2.05) is 0 Å². The van der Waals surface area contributed by atoms with Crippen LogP contribution in [0.5, 0.6) is 0 Å². The predicted octanol–water partition coefficient (Wildman–Crippen LogP) is 2.47. The van der Waals surface area contributed by atoms with Gasteiger partial charge in [-0.2, -0.15) is 0 Å². The molecule has 1 aliphatic rings. The third kappa shape index (κ3) is 2.31. The quantitative estimate of drug-likeness (QED) is 0.658. The van der Waals surface area contributed by atoms with Gasteiger partial charge in [-0.15, -0.1) is 0 Å². The molecule has 1 aliphatic heterocycles. The van der Waals surface area contributed by atoms with E-state index in [1.165, 1.54) is 6.07 Å². The average Bonchev–Trinajstić information content (AvgIpc) is 2.86. The average molecular weight is 250 g/mol. The summed E-state index contributed by atoms with van der Waals surface area (Å²) in [5, 5.41) is 20.2. The summed E-state index contributed by atoms with van der Waals surface area (Å²) < 4.78 is 0. The monoisotopic (exact) mass is 250 g/mol. The van der Waals surface area contributed by atoms with E-state index in [1.54, 1.807) is 12.1 Å². The van der Waals surface area contributed by atoms with Gasteiger partial charge in [0.15, 0.2) is 0 Å². The summed E-state index contributed by atoms with van der Waals surface area (Å²) in [5.41, 5.74) is 1.36. The first kappa shape index (κ1) is 12.8. The first-order valence-electron chi connectivity index (χ1n) is 6.32. The molecule has 0 bridgehead atoms. The van der Waals surface area contributed by atoms with E-state index >= 15 is 0 Å². The Balaban J connectivity index is 2.40. The maximum Gasteiger partial charge on any atom is 0.292 e. The molecule has 98 valence electrons. The molecule has 1 atom stereocenters. The number of nitro benzene ring substituents is 1. The molecule has 1 fully saturated rings. The van der Waals surface area contributed by atoms with Crippen molar-refractivity contribution >= 4 is 11.4 Å². The van der Waals surface area contributed by atoms with Crippen molar-refractivity contribution in [3.05, 3.63) is 33.9 Å². The van der Waals surface area contributed by atoms with Gasteiger partial charge in [-0.1, -0.05) is 13.0 Å². The molecular formula is C13H18N2O3. The van der Waals surface area contributed by atoms with Crippen LogP contribution in [0, 0.1) is 10.1 Å². The minimum absolute atomic E-state index is 0.0990. The highest BCUT2D eigenvalue weighted by Gasteiger charge is 2.28. The third-order valence-electron chi connectivity index (χ3n) is 3.58. The predicted molar refractivity (Wildman–Crippen MR) is 69.7 cm³/mol. The maximum absolute atomic E-state index is 11.1. The molecule has 0 saturated carbocycles. The highest BCUT2D eigenvalue weighted by molar-refractivity contribution is 5.65. The number of anilines is 1. The lowest BCUT2D eigenvalue weighted by atomic mass is 10.1. The van der Waals surface area contributed by atoms with Crippen molar-refractivity contribution in [2.45, 2.75) is 38.8 Å². The summed E-state index contributed by atoms with van der Waals surface area (Å²) in [5.74, 6) is 0. The number of benzene rings is 1. The zero-order chi connectivity index (χ0) is 13.1. The fraction of sp³-hybridized carbons (Fsp3) is 0.538. The molecule has 1 aromatic carbocycles. The summed E-state index contributed by atoms with van der Waals surface area (Å²) >= 11 is 0. The number of rotatable bonds is 4. The summed E-state index contributed by atoms with van der Waals surface area (Å²) in [6.45, 7) is 2.81. The second-order valence-electron chi connectivity index (χ2n) is 4.64. The van der Waals surface area contributed by atoms with Crippen LogP contribution in [0.25, 0.3) is 0 Å². The van der Waals surface area contributed by atoms with Crippen molar-refractivity contribution in [2.24, 2.45) is 0 Å². The third-order valence-corrected chi connectivity index (χ3v) is 3.58. The second-order valence-corrected chi connectivity index (χ2v) is 4.64. The lowest BCUT2D eigenvalue weighted by Crippen LogP contribution is -2.29. The molecule has 5 heteroatoms. The molecule has 5 nitrogen and oxygen atoms in total. The Labute approximate surface area is 106 Å². The van der Waals surface area contributed by atoms with Crippen LogP contribution in [0.3, 0.4) is 0 Å². The number of nitrogens with zero attached hydrogens (tertiary/aromatic N) is 2. The number of aliphatic hydroxyl groups is 1. The zero-order valence-electron chi connectivity index (χ0n) is 10.5. The molecule has 1 heterocycles. The summed E-state index contributed by atoms with van der Waals surface area (Å²) in [4.78, 5) is 12.9. The van der Waals surface area contributed by atoms with Crippen molar-refractivity contribution in [1.82, 2.24) is 0 Å². The summed E-state index contributed by atoms with van der Waals surface area (Å²) in [7, 11) is 0. The van der Waals surface area contributed by atoms with Gasteiger partial charge in [0.05, 0.1) is 11.5 Å². The molecule has 18 heavy (non-hydrogen) atoms. The first-order valence-corrected chi connectivity index (χ1v) is 6.32. The number of aliphatic hydroxyl groups excluding tert-OH is 1. The van der Waals surface area contributed by atoms with Crippen LogP contribution in [0.4, 0.5) is 11.4 Å². The molecule has 0 spiro atoms. The smallest absolute Gasteiger partial charge is 0.292 e. The topological polar surface area (TPSA) is 66.6 Å². The van der Waals surface area contributed by atoms with E-state index in [9.17, 15) is 10.1 Å². The zero-order valence-corrected chi connectivity index (χ0v) is 10.5. The molecule has 0 amide bonds. The largest absolute Gasteiger partial charge is 0.392 e. The number of hydrogen-bond acceptors (Lipinski definition) is 4. The Morgan fingerprint density at radius 1 is 1.56 bits per heavy atom. The number of nitro groups is 1. The van der Waals surface area contributed by atoms with Gasteiger partial charge >= 0.3 is 0 Å². The van der Waals surface area contributed by atoms with E-state index in [2.05, 4.69) is 11.8 Å². The van der Waals surface area contributed by atoms with Gasteiger partial charge in [-0.25, -0.2) is 0 Å². The molecule has 1 N–H and O–H groups in total. The van der Waals surface area contributed by atoms with Crippen molar-refractivity contribution < 1.29 is 10.0 Å². The lowest BCUT2D eigenvalue weighted by Gasteiger charge is -2.25. The SMILES string of the molecule is CCC1CCCN1c1ccc(CO)cc1[N+](=O)[O-]. The molecule has 0 aliphatic carbocycles. The lowest BCUT2D eigenvalue weighted by molar-refractivity contribution is -0.384. The van der Waals surface area contributed by atoms with Crippen molar-refractivity contribution in [3.63, 3.8) is 0 Å². The second kappa shape index (κ2) is 5.35. The Kier molecular flexibility index (Phi) is 3.81. The van der Waals surface area contributed by atoms with Gasteiger partial charge in [0.25, 0.3) is 5.69 Å². The minimum Gasteiger partial charge on any atom is -0.392 e. The molecule has 2 rings (SSSR count). The van der Waals surface area contributed by atoms with Crippen molar-refractivity contribution in [3.8, 4) is 0 Å². The van der Waals surface area contributed by atoms with Crippen molar-refractivity contribution in [2.75, 3.05) is 11.4 Å².